The van der Waals surface area contributed by atoms with Crippen molar-refractivity contribution >= 4 is 6.03 Å². The number of ether oxygens (including phenoxy) is 2. The summed E-state index contributed by atoms with van der Waals surface area (Å²) in [4.78, 5) is 14.3. The summed E-state index contributed by atoms with van der Waals surface area (Å²) in [6.07, 6.45) is 3.26. The number of nitrogens with one attached hydrogen (secondary N) is 1. The van der Waals surface area contributed by atoms with Crippen LogP contribution in [0.1, 0.15) is 36.6 Å². The first-order chi connectivity index (χ1) is 12.0. The molecule has 1 unspecified atom stereocenters. The van der Waals surface area contributed by atoms with Gasteiger partial charge in [-0.15, -0.1) is 0 Å². The number of methoxy groups -OCH3 is 2. The van der Waals surface area contributed by atoms with Gasteiger partial charge in [-0.25, -0.2) is 4.79 Å². The fourth-order valence-electron chi connectivity index (χ4n) is 2.75. The third kappa shape index (κ3) is 4.47. The molecule has 2 rings (SSSR count). The van der Waals surface area contributed by atoms with Gasteiger partial charge in [-0.05, 0) is 50.1 Å². The highest BCUT2D eigenvalue weighted by Gasteiger charge is 2.19. The summed E-state index contributed by atoms with van der Waals surface area (Å²) in [5.41, 5.74) is 2.99. The van der Waals surface area contributed by atoms with Crippen LogP contribution in [-0.2, 0) is 6.54 Å². The number of carbonyl (C=O) groups is 1. The molecule has 25 heavy (non-hydrogen) atoms. The van der Waals surface area contributed by atoms with E-state index in [-0.39, 0.29) is 12.1 Å². The average Bonchev–Trinajstić information content (AvgIpc) is 3.12. The van der Waals surface area contributed by atoms with Gasteiger partial charge in [-0.2, -0.15) is 0 Å². The molecule has 0 spiro atoms. The summed E-state index contributed by atoms with van der Waals surface area (Å²) in [6.45, 7) is 7.01. The zero-order valence-electron chi connectivity index (χ0n) is 15.5. The maximum Gasteiger partial charge on any atom is 0.318 e. The lowest BCUT2D eigenvalue weighted by atomic mass is 10.0. The second-order valence-electron chi connectivity index (χ2n) is 5.88. The van der Waals surface area contributed by atoms with Crippen molar-refractivity contribution in [2.24, 2.45) is 0 Å². The number of rotatable bonds is 7. The number of hydrogen-bond donors (Lipinski definition) is 1. The highest BCUT2D eigenvalue weighted by molar-refractivity contribution is 5.74. The molecular weight excluding hydrogens is 320 g/mol. The molecular formula is C19H26N2O4. The van der Waals surface area contributed by atoms with Gasteiger partial charge in [0.1, 0.15) is 0 Å². The predicted molar refractivity (Wildman–Crippen MR) is 96.0 cm³/mol. The van der Waals surface area contributed by atoms with Gasteiger partial charge in [0.15, 0.2) is 11.5 Å². The van der Waals surface area contributed by atoms with Crippen molar-refractivity contribution in [1.29, 1.82) is 0 Å². The van der Waals surface area contributed by atoms with Crippen LogP contribution in [0.15, 0.2) is 35.1 Å². The van der Waals surface area contributed by atoms with Crippen LogP contribution in [0.25, 0.3) is 0 Å². The van der Waals surface area contributed by atoms with Gasteiger partial charge in [0.25, 0.3) is 0 Å². The topological polar surface area (TPSA) is 63.9 Å². The minimum Gasteiger partial charge on any atom is -0.493 e. The smallest absolute Gasteiger partial charge is 0.318 e. The molecule has 136 valence electrons. The number of benzene rings is 1. The minimum absolute atomic E-state index is 0.120. The number of furan rings is 1. The monoisotopic (exact) mass is 346 g/mol. The van der Waals surface area contributed by atoms with Crippen LogP contribution in [0, 0.1) is 6.92 Å². The summed E-state index contributed by atoms with van der Waals surface area (Å²) in [5.74, 6) is 1.33. The van der Waals surface area contributed by atoms with E-state index in [4.69, 9.17) is 13.9 Å². The molecule has 2 amide bonds. The highest BCUT2D eigenvalue weighted by atomic mass is 16.5. The van der Waals surface area contributed by atoms with Crippen LogP contribution in [0.3, 0.4) is 0 Å². The first-order valence-electron chi connectivity index (χ1n) is 8.29. The molecule has 6 heteroatoms. The maximum absolute atomic E-state index is 12.6. The Hall–Kier alpha value is -2.63. The van der Waals surface area contributed by atoms with Crippen LogP contribution in [0.5, 0.6) is 11.5 Å². The Morgan fingerprint density at radius 1 is 1.28 bits per heavy atom. The van der Waals surface area contributed by atoms with Crippen molar-refractivity contribution in [2.75, 3.05) is 20.8 Å². The van der Waals surface area contributed by atoms with E-state index in [9.17, 15) is 4.79 Å². The normalized spacial score (nSPS) is 11.7. The molecule has 0 fully saturated rings. The van der Waals surface area contributed by atoms with Crippen molar-refractivity contribution in [1.82, 2.24) is 10.2 Å². The zero-order chi connectivity index (χ0) is 18.4. The Morgan fingerprint density at radius 2 is 1.96 bits per heavy atom. The summed E-state index contributed by atoms with van der Waals surface area (Å²) >= 11 is 0. The third-order valence-corrected chi connectivity index (χ3v) is 4.20. The molecule has 1 aromatic carbocycles. The van der Waals surface area contributed by atoms with Crippen molar-refractivity contribution in [3.63, 3.8) is 0 Å². The van der Waals surface area contributed by atoms with Crippen LogP contribution >= 0.6 is 0 Å². The van der Waals surface area contributed by atoms with Gasteiger partial charge >= 0.3 is 6.03 Å². The van der Waals surface area contributed by atoms with Gasteiger partial charge in [-0.3, -0.25) is 0 Å². The van der Waals surface area contributed by atoms with Gasteiger partial charge in [0, 0.05) is 12.1 Å². The second kappa shape index (κ2) is 8.46. The van der Waals surface area contributed by atoms with Crippen LogP contribution < -0.4 is 14.8 Å². The number of nitrogens with zero attached hydrogens (tertiary/aromatic N) is 1. The Balaban J connectivity index is 2.12. The van der Waals surface area contributed by atoms with Gasteiger partial charge in [-0.1, -0.05) is 0 Å². The molecule has 1 N–H and O–H groups in total. The highest BCUT2D eigenvalue weighted by Crippen LogP contribution is 2.32. The molecule has 0 aliphatic rings. The van der Waals surface area contributed by atoms with E-state index in [0.29, 0.717) is 24.6 Å². The molecule has 2 aromatic rings. The molecule has 0 saturated carbocycles. The van der Waals surface area contributed by atoms with E-state index in [1.165, 1.54) is 0 Å². The quantitative estimate of drug-likeness (QED) is 0.826. The average molecular weight is 346 g/mol. The van der Waals surface area contributed by atoms with Crippen LogP contribution in [0.4, 0.5) is 4.79 Å². The zero-order valence-corrected chi connectivity index (χ0v) is 15.5. The fourth-order valence-corrected chi connectivity index (χ4v) is 2.75. The number of hydrogen-bond acceptors (Lipinski definition) is 4. The van der Waals surface area contributed by atoms with E-state index in [1.54, 1.807) is 31.6 Å². The molecule has 6 nitrogen and oxygen atoms in total. The minimum atomic E-state index is -0.161. The summed E-state index contributed by atoms with van der Waals surface area (Å²) in [7, 11) is 3.21. The first kappa shape index (κ1) is 18.7. The third-order valence-electron chi connectivity index (χ3n) is 4.20. The molecule has 1 atom stereocenters. The SMILES string of the molecule is CCN(Cc1ccoc1)C(=O)NC(C)c1cc(OC)c(OC)cc1C. The molecule has 1 heterocycles. The van der Waals surface area contributed by atoms with E-state index >= 15 is 0 Å². The standard InChI is InChI=1S/C19H26N2O4/c1-6-21(11-15-7-8-25-12-15)19(22)20-14(3)16-10-18(24-5)17(23-4)9-13(16)2/h7-10,12,14H,6,11H2,1-5H3,(H,20,22). The lowest BCUT2D eigenvalue weighted by Crippen LogP contribution is -2.40. The van der Waals surface area contributed by atoms with Gasteiger partial charge < -0.3 is 24.1 Å². The largest absolute Gasteiger partial charge is 0.493 e. The number of amides is 2. The lowest BCUT2D eigenvalue weighted by Gasteiger charge is -2.25. The Kier molecular flexibility index (Phi) is 6.33. The second-order valence-corrected chi connectivity index (χ2v) is 5.88. The molecule has 1 aromatic heterocycles. The number of urea groups is 1. The van der Waals surface area contributed by atoms with Crippen LogP contribution in [0.2, 0.25) is 0 Å². The molecule has 0 aliphatic carbocycles. The number of aryl methyl sites for hydroxylation is 1. The maximum atomic E-state index is 12.6. The Morgan fingerprint density at radius 3 is 2.52 bits per heavy atom. The van der Waals surface area contributed by atoms with Crippen molar-refractivity contribution < 1.29 is 18.7 Å². The van der Waals surface area contributed by atoms with E-state index in [2.05, 4.69) is 5.32 Å². The van der Waals surface area contributed by atoms with Crippen molar-refractivity contribution in [3.05, 3.63) is 47.4 Å². The van der Waals surface area contributed by atoms with Crippen molar-refractivity contribution in [3.8, 4) is 11.5 Å². The van der Waals surface area contributed by atoms with Crippen LogP contribution in [-0.4, -0.2) is 31.7 Å². The first-order valence-corrected chi connectivity index (χ1v) is 8.29. The predicted octanol–water partition coefficient (Wildman–Crippen LogP) is 3.90. The van der Waals surface area contributed by atoms with Gasteiger partial charge in [0.05, 0.1) is 39.3 Å². The Bertz CT molecular complexity index is 698. The van der Waals surface area contributed by atoms with Gasteiger partial charge in [0.2, 0.25) is 0 Å². The summed E-state index contributed by atoms with van der Waals surface area (Å²) in [6, 6.07) is 5.40. The van der Waals surface area contributed by atoms with E-state index in [1.807, 2.05) is 39.0 Å². The molecule has 0 bridgehead atoms. The number of carbonyl (C=O) groups excluding carboxylic acids is 1. The summed E-state index contributed by atoms with van der Waals surface area (Å²) < 4.78 is 15.8. The molecule has 0 saturated heterocycles. The molecule has 0 radical (unpaired) electrons. The van der Waals surface area contributed by atoms with E-state index < -0.39 is 0 Å². The summed E-state index contributed by atoms with van der Waals surface area (Å²) in [5, 5.41) is 3.05. The lowest BCUT2D eigenvalue weighted by molar-refractivity contribution is 0.194. The Labute approximate surface area is 148 Å². The fraction of sp³-hybridized carbons (Fsp3) is 0.421. The molecule has 0 aliphatic heterocycles. The van der Waals surface area contributed by atoms with Crippen molar-refractivity contribution in [2.45, 2.75) is 33.4 Å². The van der Waals surface area contributed by atoms with E-state index in [0.717, 1.165) is 16.7 Å².